The zero-order valence-electron chi connectivity index (χ0n) is 8.14. The van der Waals surface area contributed by atoms with Crippen LogP contribution in [0.2, 0.25) is 0 Å². The molecule has 0 aliphatic rings. The van der Waals surface area contributed by atoms with E-state index in [-0.39, 0.29) is 11.5 Å². The predicted octanol–water partition coefficient (Wildman–Crippen LogP) is 3.03. The van der Waals surface area contributed by atoms with Crippen molar-refractivity contribution in [3.05, 3.63) is 23.8 Å². The van der Waals surface area contributed by atoms with Crippen LogP contribution < -0.4 is 4.74 Å². The van der Waals surface area contributed by atoms with E-state index in [1.807, 2.05) is 0 Å². The second kappa shape index (κ2) is 4.42. The van der Waals surface area contributed by atoms with Crippen molar-refractivity contribution in [2.24, 2.45) is 0 Å². The molecule has 1 aromatic carbocycles. The van der Waals surface area contributed by atoms with Crippen LogP contribution in [0.1, 0.15) is 12.0 Å². The summed E-state index contributed by atoms with van der Waals surface area (Å²) in [7, 11) is 0. The fraction of sp³-hybridized carbons (Fsp3) is 0.400. The van der Waals surface area contributed by atoms with E-state index in [9.17, 15) is 18.3 Å². The van der Waals surface area contributed by atoms with Gasteiger partial charge in [-0.05, 0) is 19.1 Å². The predicted molar refractivity (Wildman–Crippen MR) is 49.0 cm³/mol. The molecule has 0 aromatic heterocycles. The van der Waals surface area contributed by atoms with Gasteiger partial charge in [0.2, 0.25) is 0 Å². The molecule has 1 aromatic rings. The maximum atomic E-state index is 11.8. The van der Waals surface area contributed by atoms with Crippen LogP contribution in [-0.2, 0) is 0 Å². The Morgan fingerprint density at radius 3 is 2.60 bits per heavy atom. The van der Waals surface area contributed by atoms with Crippen molar-refractivity contribution >= 4 is 0 Å². The Morgan fingerprint density at radius 1 is 1.33 bits per heavy atom. The average Bonchev–Trinajstić information content (AvgIpc) is 2.10. The summed E-state index contributed by atoms with van der Waals surface area (Å²) < 4.78 is 40.3. The summed E-state index contributed by atoms with van der Waals surface area (Å²) in [6.45, 7) is 1.14. The Kier molecular flexibility index (Phi) is 3.44. The zero-order valence-corrected chi connectivity index (χ0v) is 8.14. The fourth-order valence-corrected chi connectivity index (χ4v) is 1.04. The summed E-state index contributed by atoms with van der Waals surface area (Å²) >= 11 is 0. The van der Waals surface area contributed by atoms with Gasteiger partial charge in [0.1, 0.15) is 11.5 Å². The van der Waals surface area contributed by atoms with Crippen LogP contribution in [0.15, 0.2) is 18.2 Å². The standard InChI is InChI=1S/C10H11F3O2/c1-7-8(14)3-2-4-9(7)15-6-5-10(11,12)13/h2-4,14H,5-6H2,1H3. The van der Waals surface area contributed by atoms with E-state index < -0.39 is 19.2 Å². The fourth-order valence-electron chi connectivity index (χ4n) is 1.04. The van der Waals surface area contributed by atoms with Crippen molar-refractivity contribution in [3.63, 3.8) is 0 Å². The molecule has 0 atom stereocenters. The Hall–Kier alpha value is -1.39. The number of hydrogen-bond acceptors (Lipinski definition) is 2. The number of halogens is 3. The summed E-state index contributed by atoms with van der Waals surface area (Å²) in [5, 5.41) is 9.26. The van der Waals surface area contributed by atoms with Crippen LogP contribution in [0, 0.1) is 6.92 Å². The number of aromatic hydroxyl groups is 1. The number of rotatable bonds is 3. The van der Waals surface area contributed by atoms with E-state index in [4.69, 9.17) is 4.74 Å². The largest absolute Gasteiger partial charge is 0.508 e. The van der Waals surface area contributed by atoms with E-state index in [0.717, 1.165) is 0 Å². The number of ether oxygens (including phenoxy) is 1. The first-order chi connectivity index (χ1) is 6.90. The van der Waals surface area contributed by atoms with Crippen LogP contribution in [0.5, 0.6) is 11.5 Å². The number of phenolic OH excluding ortho intramolecular Hbond substituents is 1. The summed E-state index contributed by atoms with van der Waals surface area (Å²) in [5.74, 6) is 0.291. The summed E-state index contributed by atoms with van der Waals surface area (Å²) in [6.07, 6.45) is -5.22. The van der Waals surface area contributed by atoms with Gasteiger partial charge in [0.15, 0.2) is 0 Å². The van der Waals surface area contributed by atoms with Gasteiger partial charge >= 0.3 is 6.18 Å². The second-order valence-corrected chi connectivity index (χ2v) is 3.11. The van der Waals surface area contributed by atoms with Gasteiger partial charge in [0.05, 0.1) is 13.0 Å². The molecule has 0 saturated carbocycles. The van der Waals surface area contributed by atoms with Gasteiger partial charge in [0, 0.05) is 5.56 Å². The van der Waals surface area contributed by atoms with Crippen LogP contribution in [0.25, 0.3) is 0 Å². The van der Waals surface area contributed by atoms with Gasteiger partial charge in [-0.3, -0.25) is 0 Å². The molecule has 0 heterocycles. The number of alkyl halides is 3. The van der Waals surface area contributed by atoms with E-state index in [0.29, 0.717) is 5.56 Å². The molecule has 0 radical (unpaired) electrons. The topological polar surface area (TPSA) is 29.5 Å². The van der Waals surface area contributed by atoms with E-state index in [2.05, 4.69) is 0 Å². The molecule has 0 spiro atoms. The highest BCUT2D eigenvalue weighted by molar-refractivity contribution is 5.42. The molecule has 1 N–H and O–H groups in total. The van der Waals surface area contributed by atoms with E-state index in [1.165, 1.54) is 18.2 Å². The number of benzene rings is 1. The zero-order chi connectivity index (χ0) is 11.5. The quantitative estimate of drug-likeness (QED) is 0.848. The molecular formula is C10H11F3O2. The first kappa shape index (κ1) is 11.7. The van der Waals surface area contributed by atoms with Gasteiger partial charge in [-0.2, -0.15) is 13.2 Å². The van der Waals surface area contributed by atoms with Gasteiger partial charge in [-0.15, -0.1) is 0 Å². The third-order valence-corrected chi connectivity index (χ3v) is 1.90. The molecule has 1 rings (SSSR count). The van der Waals surface area contributed by atoms with Crippen LogP contribution in [-0.4, -0.2) is 17.9 Å². The Labute approximate surface area is 85.3 Å². The SMILES string of the molecule is Cc1c(O)cccc1OCCC(F)(F)F. The summed E-state index contributed by atoms with van der Waals surface area (Å²) in [4.78, 5) is 0. The van der Waals surface area contributed by atoms with Crippen molar-refractivity contribution in [3.8, 4) is 11.5 Å². The molecule has 84 valence electrons. The molecule has 0 aliphatic carbocycles. The van der Waals surface area contributed by atoms with Gasteiger partial charge < -0.3 is 9.84 Å². The van der Waals surface area contributed by atoms with Crippen molar-refractivity contribution in [1.29, 1.82) is 0 Å². The normalized spacial score (nSPS) is 11.5. The lowest BCUT2D eigenvalue weighted by Crippen LogP contribution is -2.13. The maximum Gasteiger partial charge on any atom is 0.392 e. The minimum absolute atomic E-state index is 0.0134. The Balaban J connectivity index is 2.55. The highest BCUT2D eigenvalue weighted by Gasteiger charge is 2.26. The van der Waals surface area contributed by atoms with Gasteiger partial charge in [0.25, 0.3) is 0 Å². The molecule has 0 bridgehead atoms. The summed E-state index contributed by atoms with van der Waals surface area (Å²) in [6, 6.07) is 4.49. The smallest absolute Gasteiger partial charge is 0.392 e. The Morgan fingerprint density at radius 2 is 2.00 bits per heavy atom. The first-order valence-corrected chi connectivity index (χ1v) is 4.38. The third kappa shape index (κ3) is 3.69. The molecule has 0 saturated heterocycles. The summed E-state index contributed by atoms with van der Waals surface area (Å²) in [5.41, 5.74) is 0.444. The lowest BCUT2D eigenvalue weighted by Gasteiger charge is -2.11. The molecule has 2 nitrogen and oxygen atoms in total. The van der Waals surface area contributed by atoms with E-state index >= 15 is 0 Å². The average molecular weight is 220 g/mol. The van der Waals surface area contributed by atoms with Crippen molar-refractivity contribution in [2.45, 2.75) is 19.5 Å². The van der Waals surface area contributed by atoms with Crippen LogP contribution >= 0.6 is 0 Å². The highest BCUT2D eigenvalue weighted by Crippen LogP contribution is 2.27. The molecule has 0 aliphatic heterocycles. The molecule has 0 fully saturated rings. The van der Waals surface area contributed by atoms with Crippen molar-refractivity contribution in [1.82, 2.24) is 0 Å². The lowest BCUT2D eigenvalue weighted by molar-refractivity contribution is -0.139. The monoisotopic (exact) mass is 220 g/mol. The highest BCUT2D eigenvalue weighted by atomic mass is 19.4. The first-order valence-electron chi connectivity index (χ1n) is 4.38. The molecule has 5 heteroatoms. The van der Waals surface area contributed by atoms with Crippen LogP contribution in [0.4, 0.5) is 13.2 Å². The number of phenols is 1. The molecule has 0 unspecified atom stereocenters. The molecule has 15 heavy (non-hydrogen) atoms. The van der Waals surface area contributed by atoms with Crippen LogP contribution in [0.3, 0.4) is 0 Å². The Bertz CT molecular complexity index is 334. The maximum absolute atomic E-state index is 11.8. The minimum Gasteiger partial charge on any atom is -0.508 e. The molecular weight excluding hydrogens is 209 g/mol. The number of hydrogen-bond donors (Lipinski definition) is 1. The second-order valence-electron chi connectivity index (χ2n) is 3.11. The van der Waals surface area contributed by atoms with Gasteiger partial charge in [-0.1, -0.05) is 6.07 Å². The van der Waals surface area contributed by atoms with E-state index in [1.54, 1.807) is 6.92 Å². The third-order valence-electron chi connectivity index (χ3n) is 1.90. The minimum atomic E-state index is -4.22. The van der Waals surface area contributed by atoms with Gasteiger partial charge in [-0.25, -0.2) is 0 Å². The van der Waals surface area contributed by atoms with Crippen molar-refractivity contribution < 1.29 is 23.0 Å². The molecule has 0 amide bonds. The van der Waals surface area contributed by atoms with Crippen molar-refractivity contribution in [2.75, 3.05) is 6.61 Å². The lowest BCUT2D eigenvalue weighted by atomic mass is 10.2.